The number of aromatic amines is 1. The first kappa shape index (κ1) is 12.0. The van der Waals surface area contributed by atoms with Gasteiger partial charge in [-0.3, -0.25) is 9.59 Å². The van der Waals surface area contributed by atoms with Gasteiger partial charge in [0.25, 0.3) is 5.56 Å². The molecule has 2 rings (SSSR count). The highest BCUT2D eigenvalue weighted by Crippen LogP contribution is 2.12. The largest absolute Gasteiger partial charge is 0.469 e. The molecule has 0 saturated heterocycles. The molecule has 0 unspecified atom stereocenters. The van der Waals surface area contributed by atoms with Gasteiger partial charge in [-0.15, -0.1) is 0 Å². The Labute approximate surface area is 103 Å². The van der Waals surface area contributed by atoms with E-state index in [0.717, 1.165) is 5.56 Å². The quantitative estimate of drug-likeness (QED) is 0.822. The molecule has 0 amide bonds. The van der Waals surface area contributed by atoms with E-state index in [9.17, 15) is 9.59 Å². The highest BCUT2D eigenvalue weighted by molar-refractivity contribution is 5.72. The van der Waals surface area contributed by atoms with Crippen molar-refractivity contribution in [2.75, 3.05) is 7.11 Å². The highest BCUT2D eigenvalue weighted by atomic mass is 16.5. The standard InChI is InChI=1S/C13H12N2O3/c1-18-12(17)8-10-7-11(16)15-13(14-10)9-5-3-2-4-6-9/h2-7H,8H2,1H3,(H,14,15,16). The monoisotopic (exact) mass is 244 g/mol. The summed E-state index contributed by atoms with van der Waals surface area (Å²) < 4.78 is 4.55. The molecule has 0 aliphatic heterocycles. The second kappa shape index (κ2) is 5.27. The van der Waals surface area contributed by atoms with Crippen LogP contribution in [0.25, 0.3) is 11.4 Å². The fraction of sp³-hybridized carbons (Fsp3) is 0.154. The number of hydrogen-bond acceptors (Lipinski definition) is 4. The SMILES string of the molecule is COC(=O)Cc1cc(=O)[nH]c(-c2ccccc2)n1. The van der Waals surface area contributed by atoms with E-state index in [0.29, 0.717) is 11.5 Å². The fourth-order valence-electron chi connectivity index (χ4n) is 1.55. The van der Waals surface area contributed by atoms with Crippen LogP contribution in [0.15, 0.2) is 41.2 Å². The lowest BCUT2D eigenvalue weighted by Gasteiger charge is -2.03. The van der Waals surface area contributed by atoms with Crippen LogP contribution in [0.3, 0.4) is 0 Å². The smallest absolute Gasteiger partial charge is 0.311 e. The minimum atomic E-state index is -0.424. The van der Waals surface area contributed by atoms with E-state index in [1.807, 2.05) is 30.3 Å². The van der Waals surface area contributed by atoms with Gasteiger partial charge in [0.1, 0.15) is 5.82 Å². The number of benzene rings is 1. The van der Waals surface area contributed by atoms with Gasteiger partial charge in [0.15, 0.2) is 0 Å². The lowest BCUT2D eigenvalue weighted by Crippen LogP contribution is -2.14. The second-order valence-corrected chi connectivity index (χ2v) is 3.70. The maximum Gasteiger partial charge on any atom is 0.311 e. The summed E-state index contributed by atoms with van der Waals surface area (Å²) in [5.74, 6) is 0.0223. The zero-order chi connectivity index (χ0) is 13.0. The van der Waals surface area contributed by atoms with Crippen LogP contribution in [-0.2, 0) is 16.0 Å². The first-order valence-corrected chi connectivity index (χ1v) is 5.41. The summed E-state index contributed by atoms with van der Waals surface area (Å²) in [6, 6.07) is 10.5. The van der Waals surface area contributed by atoms with Gasteiger partial charge in [-0.05, 0) is 0 Å². The summed E-state index contributed by atoms with van der Waals surface area (Å²) in [4.78, 5) is 29.5. The molecule has 0 radical (unpaired) electrons. The molecule has 92 valence electrons. The van der Waals surface area contributed by atoms with Crippen molar-refractivity contribution >= 4 is 5.97 Å². The minimum Gasteiger partial charge on any atom is -0.469 e. The van der Waals surface area contributed by atoms with Crippen LogP contribution in [0.2, 0.25) is 0 Å². The Balaban J connectivity index is 2.39. The maximum atomic E-state index is 11.5. The number of esters is 1. The van der Waals surface area contributed by atoms with E-state index in [-0.39, 0.29) is 12.0 Å². The van der Waals surface area contributed by atoms with Crippen LogP contribution in [0.4, 0.5) is 0 Å². The van der Waals surface area contributed by atoms with Crippen LogP contribution in [0.1, 0.15) is 5.69 Å². The topological polar surface area (TPSA) is 72.1 Å². The van der Waals surface area contributed by atoms with Gasteiger partial charge < -0.3 is 9.72 Å². The molecule has 18 heavy (non-hydrogen) atoms. The highest BCUT2D eigenvalue weighted by Gasteiger charge is 2.08. The van der Waals surface area contributed by atoms with Gasteiger partial charge in [0.2, 0.25) is 0 Å². The summed E-state index contributed by atoms with van der Waals surface area (Å²) in [6.45, 7) is 0. The van der Waals surface area contributed by atoms with E-state index in [2.05, 4.69) is 14.7 Å². The lowest BCUT2D eigenvalue weighted by molar-refractivity contribution is -0.139. The van der Waals surface area contributed by atoms with Crippen LogP contribution >= 0.6 is 0 Å². The second-order valence-electron chi connectivity index (χ2n) is 3.70. The van der Waals surface area contributed by atoms with Crippen LogP contribution in [0.5, 0.6) is 0 Å². The van der Waals surface area contributed by atoms with E-state index in [1.165, 1.54) is 13.2 Å². The summed E-state index contributed by atoms with van der Waals surface area (Å²) in [6.07, 6.45) is -0.0136. The molecule has 5 nitrogen and oxygen atoms in total. The third-order valence-electron chi connectivity index (χ3n) is 2.40. The summed E-state index contributed by atoms with van der Waals surface area (Å²) in [7, 11) is 1.30. The van der Waals surface area contributed by atoms with Crippen molar-refractivity contribution in [1.29, 1.82) is 0 Å². The number of methoxy groups -OCH3 is 1. The Morgan fingerprint density at radius 3 is 2.72 bits per heavy atom. The van der Waals surface area contributed by atoms with Crippen molar-refractivity contribution in [3.63, 3.8) is 0 Å². The van der Waals surface area contributed by atoms with Gasteiger partial charge in [-0.2, -0.15) is 0 Å². The number of aromatic nitrogens is 2. The Hall–Kier alpha value is -2.43. The number of nitrogens with zero attached hydrogens (tertiary/aromatic N) is 1. The van der Waals surface area contributed by atoms with E-state index in [4.69, 9.17) is 0 Å². The molecule has 2 aromatic rings. The predicted molar refractivity (Wildman–Crippen MR) is 66.0 cm³/mol. The van der Waals surface area contributed by atoms with Crippen molar-refractivity contribution in [2.24, 2.45) is 0 Å². The normalized spacial score (nSPS) is 10.1. The van der Waals surface area contributed by atoms with Gasteiger partial charge in [-0.25, -0.2) is 4.98 Å². The zero-order valence-electron chi connectivity index (χ0n) is 9.84. The first-order valence-electron chi connectivity index (χ1n) is 5.41. The van der Waals surface area contributed by atoms with E-state index >= 15 is 0 Å². The Morgan fingerprint density at radius 1 is 1.33 bits per heavy atom. The van der Waals surface area contributed by atoms with Crippen molar-refractivity contribution in [3.8, 4) is 11.4 Å². The van der Waals surface area contributed by atoms with Gasteiger partial charge in [-0.1, -0.05) is 30.3 Å². The van der Waals surface area contributed by atoms with Crippen LogP contribution < -0.4 is 5.56 Å². The molecule has 0 aliphatic carbocycles. The first-order chi connectivity index (χ1) is 8.69. The fourth-order valence-corrected chi connectivity index (χ4v) is 1.55. The van der Waals surface area contributed by atoms with Crippen molar-refractivity contribution in [3.05, 3.63) is 52.4 Å². The zero-order valence-corrected chi connectivity index (χ0v) is 9.84. The van der Waals surface area contributed by atoms with E-state index in [1.54, 1.807) is 0 Å². The van der Waals surface area contributed by atoms with E-state index < -0.39 is 5.97 Å². The molecule has 0 aliphatic rings. The molecular formula is C13H12N2O3. The molecule has 0 fully saturated rings. The van der Waals surface area contributed by atoms with Gasteiger partial charge >= 0.3 is 5.97 Å². The molecule has 1 aromatic carbocycles. The number of ether oxygens (including phenoxy) is 1. The molecule has 0 bridgehead atoms. The molecule has 0 saturated carbocycles. The van der Waals surface area contributed by atoms with Gasteiger partial charge in [0, 0.05) is 11.6 Å². The average Bonchev–Trinajstić information content (AvgIpc) is 2.39. The molecule has 1 N–H and O–H groups in total. The van der Waals surface area contributed by atoms with Crippen LogP contribution in [0, 0.1) is 0 Å². The number of H-pyrrole nitrogens is 1. The third-order valence-corrected chi connectivity index (χ3v) is 2.40. The Morgan fingerprint density at radius 2 is 2.06 bits per heavy atom. The molecule has 0 atom stereocenters. The summed E-state index contributed by atoms with van der Waals surface area (Å²) >= 11 is 0. The summed E-state index contributed by atoms with van der Waals surface area (Å²) in [5, 5.41) is 0. The minimum absolute atomic E-state index is 0.0136. The number of nitrogens with one attached hydrogen (secondary N) is 1. The number of hydrogen-bond donors (Lipinski definition) is 1. The number of rotatable bonds is 3. The van der Waals surface area contributed by atoms with Crippen molar-refractivity contribution in [1.82, 2.24) is 9.97 Å². The summed E-state index contributed by atoms with van der Waals surface area (Å²) in [5.41, 5.74) is 0.897. The maximum absolute atomic E-state index is 11.5. The molecule has 1 aromatic heterocycles. The molecule has 0 spiro atoms. The van der Waals surface area contributed by atoms with Crippen molar-refractivity contribution in [2.45, 2.75) is 6.42 Å². The molecular weight excluding hydrogens is 232 g/mol. The Kier molecular flexibility index (Phi) is 3.52. The lowest BCUT2D eigenvalue weighted by atomic mass is 10.2. The average molecular weight is 244 g/mol. The molecule has 5 heteroatoms. The molecule has 1 heterocycles. The predicted octanol–water partition coefficient (Wildman–Crippen LogP) is 1.15. The number of carbonyl (C=O) groups excluding carboxylic acids is 1. The number of carbonyl (C=O) groups is 1. The Bertz CT molecular complexity index is 605. The third kappa shape index (κ3) is 2.82. The van der Waals surface area contributed by atoms with Crippen molar-refractivity contribution < 1.29 is 9.53 Å². The van der Waals surface area contributed by atoms with Gasteiger partial charge in [0.05, 0.1) is 19.2 Å². The van der Waals surface area contributed by atoms with Crippen LogP contribution in [-0.4, -0.2) is 23.0 Å².